The zero-order valence-corrected chi connectivity index (χ0v) is 17.6. The molecule has 0 aliphatic carbocycles. The van der Waals surface area contributed by atoms with Crippen molar-refractivity contribution >= 4 is 29.5 Å². The molecule has 10 heteroatoms. The number of aromatic nitrogens is 3. The number of aryl methyl sites for hydroxylation is 1. The van der Waals surface area contributed by atoms with Crippen molar-refractivity contribution in [3.63, 3.8) is 0 Å². The lowest BCUT2D eigenvalue weighted by atomic mass is 10.2. The molecule has 0 spiro atoms. The van der Waals surface area contributed by atoms with Crippen LogP contribution in [0, 0.1) is 13.8 Å². The second kappa shape index (κ2) is 10.1. The molecule has 2 aromatic heterocycles. The molecule has 2 aromatic rings. The molecule has 0 bridgehead atoms. The molecule has 0 amide bonds. The van der Waals surface area contributed by atoms with E-state index in [1.54, 1.807) is 6.07 Å². The van der Waals surface area contributed by atoms with Crippen molar-refractivity contribution in [1.82, 2.24) is 14.5 Å². The van der Waals surface area contributed by atoms with Crippen molar-refractivity contribution in [3.8, 4) is 0 Å². The smallest absolute Gasteiger partial charge is 0.311 e. The molecule has 29 heavy (non-hydrogen) atoms. The van der Waals surface area contributed by atoms with Gasteiger partial charge in [-0.1, -0.05) is 11.8 Å². The van der Waals surface area contributed by atoms with Crippen LogP contribution < -0.4 is 5.56 Å². The fourth-order valence-corrected chi connectivity index (χ4v) is 3.58. The van der Waals surface area contributed by atoms with Gasteiger partial charge in [0.1, 0.15) is 0 Å². The third-order valence-corrected chi connectivity index (χ3v) is 5.18. The van der Waals surface area contributed by atoms with Crippen molar-refractivity contribution in [2.75, 3.05) is 20.0 Å². The summed E-state index contributed by atoms with van der Waals surface area (Å²) in [6.45, 7) is 4.11. The third kappa shape index (κ3) is 6.05. The van der Waals surface area contributed by atoms with E-state index in [1.165, 1.54) is 20.3 Å². The summed E-state index contributed by atoms with van der Waals surface area (Å²) in [6, 6.07) is 3.00. The maximum Gasteiger partial charge on any atom is 0.311 e. The van der Waals surface area contributed by atoms with E-state index < -0.39 is 11.5 Å². The number of ketones is 1. The SMILES string of the molecule is COC(=O)CCn1c(C)cc(C(=O)CSc2nc(CC(=O)OC)cc(=O)[nH]2)c1C. The average molecular weight is 421 g/mol. The highest BCUT2D eigenvalue weighted by atomic mass is 32.2. The van der Waals surface area contributed by atoms with Crippen LogP contribution in [-0.2, 0) is 32.0 Å². The van der Waals surface area contributed by atoms with Crippen molar-refractivity contribution in [2.24, 2.45) is 0 Å². The molecule has 0 atom stereocenters. The summed E-state index contributed by atoms with van der Waals surface area (Å²) in [5.74, 6) is -0.892. The number of hydrogen-bond acceptors (Lipinski definition) is 8. The summed E-state index contributed by atoms with van der Waals surface area (Å²) in [4.78, 5) is 53.9. The van der Waals surface area contributed by atoms with Crippen LogP contribution in [0.4, 0.5) is 0 Å². The van der Waals surface area contributed by atoms with Gasteiger partial charge in [-0.2, -0.15) is 0 Å². The monoisotopic (exact) mass is 421 g/mol. The minimum absolute atomic E-state index is 0.0614. The van der Waals surface area contributed by atoms with Gasteiger partial charge < -0.3 is 19.0 Å². The molecule has 0 aliphatic heterocycles. The highest BCUT2D eigenvalue weighted by Crippen LogP contribution is 2.20. The Bertz CT molecular complexity index is 979. The van der Waals surface area contributed by atoms with E-state index in [-0.39, 0.29) is 41.2 Å². The molecule has 9 nitrogen and oxygen atoms in total. The molecule has 2 heterocycles. The number of carbonyl (C=O) groups excluding carboxylic acids is 3. The molecule has 2 rings (SSSR count). The molecule has 0 radical (unpaired) electrons. The summed E-state index contributed by atoms with van der Waals surface area (Å²) in [5.41, 5.74) is 2.04. The molecule has 0 unspecified atom stereocenters. The van der Waals surface area contributed by atoms with Gasteiger partial charge in [0.2, 0.25) is 0 Å². The zero-order chi connectivity index (χ0) is 21.6. The van der Waals surface area contributed by atoms with Crippen molar-refractivity contribution in [1.29, 1.82) is 0 Å². The number of rotatable bonds is 9. The van der Waals surface area contributed by atoms with Crippen molar-refractivity contribution in [2.45, 2.75) is 38.4 Å². The first kappa shape index (κ1) is 22.4. The molecular formula is C19H23N3O6S. The Morgan fingerprint density at radius 3 is 2.48 bits per heavy atom. The Morgan fingerprint density at radius 1 is 1.14 bits per heavy atom. The van der Waals surface area contributed by atoms with Gasteiger partial charge in [0.15, 0.2) is 10.9 Å². The summed E-state index contributed by atoms with van der Waals surface area (Å²) in [5, 5.41) is 0.254. The van der Waals surface area contributed by atoms with E-state index >= 15 is 0 Å². The number of H-pyrrole nitrogens is 1. The quantitative estimate of drug-likeness (QED) is 0.279. The van der Waals surface area contributed by atoms with Crippen LogP contribution in [0.2, 0.25) is 0 Å². The zero-order valence-electron chi connectivity index (χ0n) is 16.7. The molecule has 156 valence electrons. The van der Waals surface area contributed by atoms with E-state index in [0.717, 1.165) is 23.1 Å². The predicted octanol–water partition coefficient (Wildman–Crippen LogP) is 1.44. The predicted molar refractivity (Wildman–Crippen MR) is 106 cm³/mol. The van der Waals surface area contributed by atoms with Crippen LogP contribution in [0.3, 0.4) is 0 Å². The number of aromatic amines is 1. The van der Waals surface area contributed by atoms with Crippen LogP contribution in [-0.4, -0.2) is 52.2 Å². The van der Waals surface area contributed by atoms with Gasteiger partial charge in [0.25, 0.3) is 5.56 Å². The Kier molecular flexibility index (Phi) is 7.77. The molecule has 0 aliphatic rings. The Hall–Kier alpha value is -2.88. The van der Waals surface area contributed by atoms with Gasteiger partial charge in [-0.25, -0.2) is 4.98 Å². The molecule has 1 N–H and O–H groups in total. The number of nitrogens with zero attached hydrogens (tertiary/aromatic N) is 2. The number of nitrogens with one attached hydrogen (secondary N) is 1. The summed E-state index contributed by atoms with van der Waals surface area (Å²) in [6.07, 6.45) is 0.0939. The second-order valence-corrected chi connectivity index (χ2v) is 7.23. The number of Topliss-reactive ketones (excluding diaryl/α,β-unsaturated/α-hetero) is 1. The van der Waals surface area contributed by atoms with Gasteiger partial charge in [-0.05, 0) is 19.9 Å². The number of thioether (sulfide) groups is 1. The number of methoxy groups -OCH3 is 2. The largest absolute Gasteiger partial charge is 0.469 e. The van der Waals surface area contributed by atoms with Gasteiger partial charge >= 0.3 is 11.9 Å². The maximum absolute atomic E-state index is 12.7. The van der Waals surface area contributed by atoms with Gasteiger partial charge in [0.05, 0.1) is 38.5 Å². The lowest BCUT2D eigenvalue weighted by Gasteiger charge is -2.09. The first-order valence-electron chi connectivity index (χ1n) is 8.81. The van der Waals surface area contributed by atoms with Crippen molar-refractivity contribution in [3.05, 3.63) is 45.1 Å². The van der Waals surface area contributed by atoms with Crippen LogP contribution in [0.5, 0.6) is 0 Å². The lowest BCUT2D eigenvalue weighted by Crippen LogP contribution is -2.14. The molecular weight excluding hydrogens is 398 g/mol. The number of ether oxygens (including phenoxy) is 2. The highest BCUT2D eigenvalue weighted by molar-refractivity contribution is 7.99. The van der Waals surface area contributed by atoms with E-state index in [2.05, 4.69) is 19.4 Å². The molecule has 0 saturated carbocycles. The van der Waals surface area contributed by atoms with E-state index in [1.807, 2.05) is 18.4 Å². The number of carbonyl (C=O) groups is 3. The molecule has 0 saturated heterocycles. The summed E-state index contributed by atoms with van der Waals surface area (Å²) in [7, 11) is 2.59. The number of hydrogen-bond donors (Lipinski definition) is 1. The Morgan fingerprint density at radius 2 is 1.83 bits per heavy atom. The Labute approximate surface area is 171 Å². The normalized spacial score (nSPS) is 10.6. The number of esters is 2. The third-order valence-electron chi connectivity index (χ3n) is 4.31. The summed E-state index contributed by atoms with van der Waals surface area (Å²) >= 11 is 1.08. The van der Waals surface area contributed by atoms with Crippen LogP contribution in [0.1, 0.15) is 33.9 Å². The minimum atomic E-state index is -0.505. The van der Waals surface area contributed by atoms with E-state index in [0.29, 0.717) is 12.1 Å². The Balaban J connectivity index is 2.09. The van der Waals surface area contributed by atoms with Gasteiger partial charge in [-0.3, -0.25) is 19.2 Å². The first-order chi connectivity index (χ1) is 13.7. The van der Waals surface area contributed by atoms with E-state index in [9.17, 15) is 19.2 Å². The first-order valence-corrected chi connectivity index (χ1v) is 9.80. The fourth-order valence-electron chi connectivity index (χ4n) is 2.81. The maximum atomic E-state index is 12.7. The van der Waals surface area contributed by atoms with Crippen LogP contribution in [0.25, 0.3) is 0 Å². The summed E-state index contributed by atoms with van der Waals surface area (Å²) < 4.78 is 11.1. The van der Waals surface area contributed by atoms with Crippen molar-refractivity contribution < 1.29 is 23.9 Å². The van der Waals surface area contributed by atoms with Crippen LogP contribution in [0.15, 0.2) is 22.1 Å². The topological polar surface area (TPSA) is 120 Å². The lowest BCUT2D eigenvalue weighted by molar-refractivity contribution is -0.141. The molecule has 0 aromatic carbocycles. The van der Waals surface area contributed by atoms with Gasteiger partial charge in [-0.15, -0.1) is 0 Å². The fraction of sp³-hybridized carbons (Fsp3) is 0.421. The molecule has 0 fully saturated rings. The second-order valence-electron chi connectivity index (χ2n) is 6.27. The highest BCUT2D eigenvalue weighted by Gasteiger charge is 2.17. The van der Waals surface area contributed by atoms with Crippen LogP contribution >= 0.6 is 11.8 Å². The van der Waals surface area contributed by atoms with Gasteiger partial charge in [0, 0.05) is 29.6 Å². The standard InChI is InChI=1S/C19H23N3O6S/c1-11-7-14(12(2)22(11)6-5-17(25)27-3)15(23)10-29-19-20-13(8-16(24)21-19)9-18(26)28-4/h7-8H,5-6,9-10H2,1-4H3,(H,20,21,24). The average Bonchev–Trinajstić information content (AvgIpc) is 2.97. The van der Waals surface area contributed by atoms with E-state index in [4.69, 9.17) is 0 Å². The minimum Gasteiger partial charge on any atom is -0.469 e.